The summed E-state index contributed by atoms with van der Waals surface area (Å²) in [6.07, 6.45) is 4.85. The van der Waals surface area contributed by atoms with Gasteiger partial charge in [-0.15, -0.1) is 0 Å². The quantitative estimate of drug-likeness (QED) is 0.824. The van der Waals surface area contributed by atoms with E-state index in [2.05, 4.69) is 5.32 Å². The summed E-state index contributed by atoms with van der Waals surface area (Å²) in [5, 5.41) is 13.3. The van der Waals surface area contributed by atoms with Crippen molar-refractivity contribution in [3.05, 3.63) is 29.6 Å². The van der Waals surface area contributed by atoms with E-state index in [1.807, 2.05) is 0 Å². The van der Waals surface area contributed by atoms with Crippen molar-refractivity contribution in [1.29, 1.82) is 0 Å². The van der Waals surface area contributed by atoms with Crippen LogP contribution in [0.3, 0.4) is 0 Å². The van der Waals surface area contributed by atoms with Crippen LogP contribution in [0.5, 0.6) is 5.75 Å². The van der Waals surface area contributed by atoms with Crippen molar-refractivity contribution in [2.24, 2.45) is 0 Å². The Morgan fingerprint density at radius 2 is 2.11 bits per heavy atom. The first kappa shape index (κ1) is 14.3. The fourth-order valence-electron chi connectivity index (χ4n) is 2.57. The molecule has 0 spiro atoms. The molecular weight excluding hydrogens is 245 g/mol. The van der Waals surface area contributed by atoms with Gasteiger partial charge in [-0.2, -0.15) is 0 Å². The summed E-state index contributed by atoms with van der Waals surface area (Å²) in [4.78, 5) is 0. The van der Waals surface area contributed by atoms with Gasteiger partial charge in [0.05, 0.1) is 13.2 Å². The van der Waals surface area contributed by atoms with E-state index < -0.39 is 0 Å². The number of hydrogen-bond donors (Lipinski definition) is 2. The van der Waals surface area contributed by atoms with Gasteiger partial charge in [-0.1, -0.05) is 25.3 Å². The van der Waals surface area contributed by atoms with Gasteiger partial charge in [-0.05, 0) is 18.9 Å². The van der Waals surface area contributed by atoms with Crippen molar-refractivity contribution in [3.63, 3.8) is 0 Å². The lowest BCUT2D eigenvalue weighted by Gasteiger charge is -2.22. The van der Waals surface area contributed by atoms with E-state index in [-0.39, 0.29) is 18.0 Å². The van der Waals surface area contributed by atoms with Crippen LogP contribution in [0, 0.1) is 5.82 Å². The number of methoxy groups -OCH3 is 1. The number of aliphatic hydroxyl groups excluding tert-OH is 1. The smallest absolute Gasteiger partial charge is 0.131 e. The normalized spacial score (nSPS) is 23.9. The number of halogens is 1. The predicted molar refractivity (Wildman–Crippen MR) is 72.7 cm³/mol. The first-order chi connectivity index (χ1) is 9.20. The zero-order valence-electron chi connectivity index (χ0n) is 11.4. The topological polar surface area (TPSA) is 41.5 Å². The molecule has 2 unspecified atom stereocenters. The average molecular weight is 267 g/mol. The highest BCUT2D eigenvalue weighted by Crippen LogP contribution is 2.20. The van der Waals surface area contributed by atoms with Gasteiger partial charge >= 0.3 is 0 Å². The molecular formula is C15H22FNO2. The van der Waals surface area contributed by atoms with Gasteiger partial charge < -0.3 is 15.2 Å². The first-order valence-electron chi connectivity index (χ1n) is 6.94. The molecule has 0 aliphatic heterocycles. The maximum Gasteiger partial charge on any atom is 0.131 e. The van der Waals surface area contributed by atoms with Crippen molar-refractivity contribution in [3.8, 4) is 5.75 Å². The van der Waals surface area contributed by atoms with Gasteiger partial charge in [0.1, 0.15) is 11.6 Å². The monoisotopic (exact) mass is 267 g/mol. The summed E-state index contributed by atoms with van der Waals surface area (Å²) in [5.74, 6) is 0.255. The van der Waals surface area contributed by atoms with Crippen molar-refractivity contribution in [2.75, 3.05) is 7.11 Å². The third kappa shape index (κ3) is 3.91. The largest absolute Gasteiger partial charge is 0.497 e. The minimum absolute atomic E-state index is 0.0731. The zero-order valence-corrected chi connectivity index (χ0v) is 11.4. The maximum absolute atomic E-state index is 13.8. The van der Waals surface area contributed by atoms with Gasteiger partial charge in [0.15, 0.2) is 0 Å². The highest BCUT2D eigenvalue weighted by atomic mass is 19.1. The standard InChI is InChI=1S/C15H22FNO2/c1-19-12-8-7-11(13(16)9-12)10-17-14-5-3-2-4-6-15(14)18/h7-9,14-15,17-18H,2-6,10H2,1H3. The van der Waals surface area contributed by atoms with E-state index in [9.17, 15) is 9.50 Å². The van der Waals surface area contributed by atoms with Gasteiger partial charge in [0.25, 0.3) is 0 Å². The Morgan fingerprint density at radius 1 is 1.32 bits per heavy atom. The Hall–Kier alpha value is -1.13. The number of hydrogen-bond acceptors (Lipinski definition) is 3. The summed E-state index contributed by atoms with van der Waals surface area (Å²) in [7, 11) is 1.52. The number of rotatable bonds is 4. The molecule has 2 N–H and O–H groups in total. The summed E-state index contributed by atoms with van der Waals surface area (Å²) < 4.78 is 18.8. The van der Waals surface area contributed by atoms with Crippen molar-refractivity contribution >= 4 is 0 Å². The molecule has 0 amide bonds. The van der Waals surface area contributed by atoms with E-state index in [1.54, 1.807) is 12.1 Å². The van der Waals surface area contributed by atoms with Crippen LogP contribution in [0.25, 0.3) is 0 Å². The van der Waals surface area contributed by atoms with Gasteiger partial charge in [0, 0.05) is 24.2 Å². The van der Waals surface area contributed by atoms with Crippen LogP contribution >= 0.6 is 0 Å². The molecule has 1 fully saturated rings. The van der Waals surface area contributed by atoms with Crippen LogP contribution in [0.15, 0.2) is 18.2 Å². The molecule has 0 bridgehead atoms. The Kier molecular flexibility index (Phi) is 5.16. The van der Waals surface area contributed by atoms with Crippen molar-refractivity contribution < 1.29 is 14.2 Å². The molecule has 1 saturated carbocycles. The molecule has 2 atom stereocenters. The number of benzene rings is 1. The Morgan fingerprint density at radius 3 is 2.84 bits per heavy atom. The molecule has 0 saturated heterocycles. The highest BCUT2D eigenvalue weighted by Gasteiger charge is 2.21. The second-order valence-electron chi connectivity index (χ2n) is 5.15. The highest BCUT2D eigenvalue weighted by molar-refractivity contribution is 5.28. The molecule has 0 radical (unpaired) electrons. The van der Waals surface area contributed by atoms with Crippen LogP contribution < -0.4 is 10.1 Å². The average Bonchev–Trinajstić information content (AvgIpc) is 2.62. The zero-order chi connectivity index (χ0) is 13.7. The molecule has 1 aliphatic rings. The molecule has 1 aliphatic carbocycles. The number of nitrogens with one attached hydrogen (secondary N) is 1. The maximum atomic E-state index is 13.8. The second kappa shape index (κ2) is 6.87. The van der Waals surface area contributed by atoms with E-state index in [0.717, 1.165) is 25.7 Å². The van der Waals surface area contributed by atoms with Crippen LogP contribution in [-0.4, -0.2) is 24.4 Å². The molecule has 19 heavy (non-hydrogen) atoms. The van der Waals surface area contributed by atoms with E-state index in [1.165, 1.54) is 19.6 Å². The Balaban J connectivity index is 1.94. The molecule has 0 heterocycles. The fraction of sp³-hybridized carbons (Fsp3) is 0.600. The molecule has 4 heteroatoms. The molecule has 2 rings (SSSR count). The Labute approximate surface area is 113 Å². The van der Waals surface area contributed by atoms with Crippen LogP contribution in [0.4, 0.5) is 4.39 Å². The third-order valence-corrected chi connectivity index (χ3v) is 3.79. The molecule has 106 valence electrons. The minimum atomic E-state index is -0.316. The van der Waals surface area contributed by atoms with Crippen LogP contribution in [-0.2, 0) is 6.54 Å². The van der Waals surface area contributed by atoms with Crippen LogP contribution in [0.1, 0.15) is 37.7 Å². The number of aliphatic hydroxyl groups is 1. The summed E-state index contributed by atoms with van der Waals surface area (Å²) >= 11 is 0. The van der Waals surface area contributed by atoms with E-state index >= 15 is 0 Å². The second-order valence-corrected chi connectivity index (χ2v) is 5.15. The summed E-state index contributed by atoms with van der Waals surface area (Å²) in [6, 6.07) is 4.94. The lowest BCUT2D eigenvalue weighted by atomic mass is 10.1. The SMILES string of the molecule is COc1ccc(CNC2CCCCCC2O)c(F)c1. The lowest BCUT2D eigenvalue weighted by molar-refractivity contribution is 0.119. The lowest BCUT2D eigenvalue weighted by Crippen LogP contribution is -2.38. The molecule has 0 aromatic heterocycles. The molecule has 1 aromatic rings. The van der Waals surface area contributed by atoms with Gasteiger partial charge in [-0.3, -0.25) is 0 Å². The predicted octanol–water partition coefficient (Wildman–Crippen LogP) is 2.62. The van der Waals surface area contributed by atoms with Crippen LogP contribution in [0.2, 0.25) is 0 Å². The Bertz CT molecular complexity index is 411. The van der Waals surface area contributed by atoms with E-state index in [0.29, 0.717) is 17.9 Å². The molecule has 1 aromatic carbocycles. The van der Waals surface area contributed by atoms with Crippen molar-refractivity contribution in [1.82, 2.24) is 5.32 Å². The minimum Gasteiger partial charge on any atom is -0.497 e. The fourth-order valence-corrected chi connectivity index (χ4v) is 2.57. The number of ether oxygens (including phenoxy) is 1. The van der Waals surface area contributed by atoms with E-state index in [4.69, 9.17) is 4.74 Å². The van der Waals surface area contributed by atoms with Gasteiger partial charge in [0.2, 0.25) is 0 Å². The van der Waals surface area contributed by atoms with Crippen molar-refractivity contribution in [2.45, 2.75) is 50.8 Å². The molecule has 3 nitrogen and oxygen atoms in total. The van der Waals surface area contributed by atoms with Gasteiger partial charge in [-0.25, -0.2) is 4.39 Å². The first-order valence-corrected chi connectivity index (χ1v) is 6.94. The third-order valence-electron chi connectivity index (χ3n) is 3.79. The summed E-state index contributed by atoms with van der Waals surface area (Å²) in [5.41, 5.74) is 0.609. The summed E-state index contributed by atoms with van der Waals surface area (Å²) in [6.45, 7) is 0.442.